The van der Waals surface area contributed by atoms with Crippen molar-refractivity contribution in [2.75, 3.05) is 0 Å². The van der Waals surface area contributed by atoms with Gasteiger partial charge in [-0.3, -0.25) is 4.79 Å². The third kappa shape index (κ3) is 13.0. The molecule has 1 aromatic rings. The Morgan fingerprint density at radius 2 is 1.02 bits per heavy atom. The van der Waals surface area contributed by atoms with Crippen LogP contribution in [-0.2, 0) is 11.2 Å². The summed E-state index contributed by atoms with van der Waals surface area (Å²) in [6, 6.07) is 4.39. The Morgan fingerprint density at radius 3 is 1.40 bits per heavy atom. The SMILES string of the molecule is CCCCCCCCCCCCCCCCCCC(Cc1cc(C2CCCCC2)c(O)c(C2CCCCC2)c1)C(=O)O. The Labute approximate surface area is 259 Å². The van der Waals surface area contributed by atoms with Gasteiger partial charge in [-0.1, -0.05) is 160 Å². The third-order valence-corrected chi connectivity index (χ3v) is 10.6. The smallest absolute Gasteiger partial charge is 0.306 e. The first kappa shape index (κ1) is 35.0. The van der Waals surface area contributed by atoms with Crippen molar-refractivity contribution in [3.8, 4) is 5.75 Å². The zero-order valence-corrected chi connectivity index (χ0v) is 27.5. The molecule has 2 N–H and O–H groups in total. The minimum atomic E-state index is -0.650. The number of aliphatic carboxylic acids is 1. The number of phenols is 1. The van der Waals surface area contributed by atoms with Crippen LogP contribution in [0.3, 0.4) is 0 Å². The van der Waals surface area contributed by atoms with E-state index in [-0.39, 0.29) is 5.92 Å². The van der Waals surface area contributed by atoms with E-state index >= 15 is 0 Å². The Hall–Kier alpha value is -1.51. The Balaban J connectivity index is 1.37. The van der Waals surface area contributed by atoms with Crippen LogP contribution in [0.5, 0.6) is 5.75 Å². The molecule has 0 spiro atoms. The molecule has 1 aromatic carbocycles. The minimum absolute atomic E-state index is 0.320. The lowest BCUT2D eigenvalue weighted by molar-refractivity contribution is -0.142. The monoisotopic (exact) mass is 583 g/mol. The highest BCUT2D eigenvalue weighted by Gasteiger charge is 2.27. The van der Waals surface area contributed by atoms with Gasteiger partial charge in [0.2, 0.25) is 0 Å². The fourth-order valence-electron chi connectivity index (χ4n) is 7.85. The molecular formula is C39H66O3. The molecule has 240 valence electrons. The van der Waals surface area contributed by atoms with Crippen molar-refractivity contribution in [2.45, 2.75) is 199 Å². The fourth-order valence-corrected chi connectivity index (χ4v) is 7.85. The molecule has 2 aliphatic carbocycles. The largest absolute Gasteiger partial charge is 0.507 e. The summed E-state index contributed by atoms with van der Waals surface area (Å²) in [6.07, 6.45) is 35.0. The van der Waals surface area contributed by atoms with Crippen LogP contribution in [0.4, 0.5) is 0 Å². The van der Waals surface area contributed by atoms with Gasteiger partial charge in [0, 0.05) is 0 Å². The molecular weight excluding hydrogens is 516 g/mol. The van der Waals surface area contributed by atoms with E-state index in [1.54, 1.807) is 0 Å². The van der Waals surface area contributed by atoms with Crippen LogP contribution in [-0.4, -0.2) is 16.2 Å². The van der Waals surface area contributed by atoms with Crippen LogP contribution < -0.4 is 0 Å². The van der Waals surface area contributed by atoms with Crippen LogP contribution in [0, 0.1) is 5.92 Å². The number of phenolic OH excluding ortho intramolecular Hbond substituents is 1. The highest BCUT2D eigenvalue weighted by molar-refractivity contribution is 5.70. The van der Waals surface area contributed by atoms with Gasteiger partial charge < -0.3 is 10.2 Å². The molecule has 0 aromatic heterocycles. The van der Waals surface area contributed by atoms with Gasteiger partial charge in [-0.25, -0.2) is 0 Å². The van der Waals surface area contributed by atoms with Gasteiger partial charge in [0.15, 0.2) is 0 Å². The van der Waals surface area contributed by atoms with Gasteiger partial charge in [0.1, 0.15) is 5.75 Å². The molecule has 0 heterocycles. The Morgan fingerprint density at radius 1 is 0.643 bits per heavy atom. The number of carbonyl (C=O) groups is 1. The maximum atomic E-state index is 12.3. The summed E-state index contributed by atoms with van der Waals surface area (Å²) in [5.41, 5.74) is 3.40. The number of aromatic hydroxyl groups is 1. The lowest BCUT2D eigenvalue weighted by Crippen LogP contribution is -2.17. The number of hydrogen-bond donors (Lipinski definition) is 2. The second kappa shape index (κ2) is 21.2. The predicted octanol–water partition coefficient (Wildman–Crippen LogP) is 12.4. The van der Waals surface area contributed by atoms with Crippen LogP contribution in [0.25, 0.3) is 0 Å². The van der Waals surface area contributed by atoms with Gasteiger partial charge in [-0.15, -0.1) is 0 Å². The summed E-state index contributed by atoms with van der Waals surface area (Å²) in [6.45, 7) is 2.29. The summed E-state index contributed by atoms with van der Waals surface area (Å²) in [7, 11) is 0. The first-order valence-corrected chi connectivity index (χ1v) is 18.7. The molecule has 0 radical (unpaired) electrons. The highest BCUT2D eigenvalue weighted by Crippen LogP contribution is 2.44. The van der Waals surface area contributed by atoms with Gasteiger partial charge in [-0.2, -0.15) is 0 Å². The number of carboxylic acids is 1. The Kier molecular flexibility index (Phi) is 17.7. The molecule has 0 amide bonds. The van der Waals surface area contributed by atoms with Crippen molar-refractivity contribution in [3.05, 3.63) is 28.8 Å². The van der Waals surface area contributed by atoms with Crippen LogP contribution in [0.2, 0.25) is 0 Å². The number of benzene rings is 1. The highest BCUT2D eigenvalue weighted by atomic mass is 16.4. The molecule has 3 heteroatoms. The lowest BCUT2D eigenvalue weighted by Gasteiger charge is -2.28. The fraction of sp³-hybridized carbons (Fsp3) is 0.821. The van der Waals surface area contributed by atoms with E-state index in [2.05, 4.69) is 19.1 Å². The first-order valence-electron chi connectivity index (χ1n) is 18.7. The van der Waals surface area contributed by atoms with E-state index < -0.39 is 5.97 Å². The second-order valence-electron chi connectivity index (χ2n) is 14.1. The number of carboxylic acid groups (broad SMARTS) is 1. The van der Waals surface area contributed by atoms with Crippen molar-refractivity contribution in [2.24, 2.45) is 5.92 Å². The van der Waals surface area contributed by atoms with E-state index in [1.807, 2.05) is 0 Å². The molecule has 0 saturated heterocycles. The average Bonchev–Trinajstić information content (AvgIpc) is 3.01. The average molecular weight is 583 g/mol. The van der Waals surface area contributed by atoms with E-state index in [9.17, 15) is 15.0 Å². The summed E-state index contributed by atoms with van der Waals surface area (Å²) in [5.74, 6) is 0.443. The summed E-state index contributed by atoms with van der Waals surface area (Å²) in [4.78, 5) is 12.3. The van der Waals surface area contributed by atoms with E-state index in [4.69, 9.17) is 0 Å². The van der Waals surface area contributed by atoms with Crippen LogP contribution >= 0.6 is 0 Å². The number of rotatable bonds is 22. The summed E-state index contributed by atoms with van der Waals surface area (Å²) < 4.78 is 0. The van der Waals surface area contributed by atoms with Crippen LogP contribution in [0.1, 0.15) is 209 Å². The number of hydrogen-bond acceptors (Lipinski definition) is 2. The summed E-state index contributed by atoms with van der Waals surface area (Å²) in [5, 5.41) is 21.5. The van der Waals surface area contributed by atoms with Gasteiger partial charge in [0.05, 0.1) is 5.92 Å². The first-order chi connectivity index (χ1) is 20.6. The standard InChI is InChI=1S/C39H66O3/c1-2-3-4-5-6-7-8-9-10-11-12-13-14-15-16-19-28-35(39(41)42)29-32-30-36(33-24-20-17-21-25-33)38(40)37(31-32)34-26-22-18-23-27-34/h30-31,33-35,40H,2-29H2,1H3,(H,41,42). The molecule has 1 unspecified atom stereocenters. The normalized spacial score (nSPS) is 17.5. The van der Waals surface area contributed by atoms with Gasteiger partial charge in [-0.05, 0) is 67.1 Å². The van der Waals surface area contributed by atoms with Gasteiger partial charge in [0.25, 0.3) is 0 Å². The maximum Gasteiger partial charge on any atom is 0.306 e. The van der Waals surface area contributed by atoms with Crippen molar-refractivity contribution >= 4 is 5.97 Å². The summed E-state index contributed by atoms with van der Waals surface area (Å²) >= 11 is 0. The van der Waals surface area contributed by atoms with E-state index in [0.717, 1.165) is 61.6 Å². The van der Waals surface area contributed by atoms with Crippen LogP contribution in [0.15, 0.2) is 12.1 Å². The molecule has 3 nitrogen and oxygen atoms in total. The van der Waals surface area contributed by atoms with E-state index in [0.29, 0.717) is 24.0 Å². The third-order valence-electron chi connectivity index (χ3n) is 10.6. The Bertz CT molecular complexity index is 810. The molecule has 1 atom stereocenters. The van der Waals surface area contributed by atoms with Crippen molar-refractivity contribution < 1.29 is 15.0 Å². The van der Waals surface area contributed by atoms with Crippen molar-refractivity contribution in [1.82, 2.24) is 0 Å². The van der Waals surface area contributed by atoms with Crippen molar-refractivity contribution in [1.29, 1.82) is 0 Å². The molecule has 42 heavy (non-hydrogen) atoms. The zero-order valence-electron chi connectivity index (χ0n) is 27.5. The molecule has 0 bridgehead atoms. The predicted molar refractivity (Wildman–Crippen MR) is 179 cm³/mol. The minimum Gasteiger partial charge on any atom is -0.507 e. The molecule has 2 aliphatic rings. The maximum absolute atomic E-state index is 12.3. The molecule has 2 fully saturated rings. The van der Waals surface area contributed by atoms with Gasteiger partial charge >= 0.3 is 5.97 Å². The second-order valence-corrected chi connectivity index (χ2v) is 14.1. The van der Waals surface area contributed by atoms with E-state index in [1.165, 1.54) is 128 Å². The van der Waals surface area contributed by atoms with Crippen molar-refractivity contribution in [3.63, 3.8) is 0 Å². The molecule has 0 aliphatic heterocycles. The quantitative estimate of drug-likeness (QED) is 0.134. The topological polar surface area (TPSA) is 57.5 Å². The molecule has 2 saturated carbocycles. The lowest BCUT2D eigenvalue weighted by atomic mass is 9.77. The molecule has 3 rings (SSSR count). The zero-order chi connectivity index (χ0) is 29.8. The number of unbranched alkanes of at least 4 members (excludes halogenated alkanes) is 15.